The summed E-state index contributed by atoms with van der Waals surface area (Å²) in [5, 5.41) is 15.3. The van der Waals surface area contributed by atoms with E-state index < -0.39 is 0 Å². The predicted molar refractivity (Wildman–Crippen MR) is 84.2 cm³/mol. The molecule has 1 aromatic heterocycles. The topological polar surface area (TPSA) is 38.0 Å². The molecule has 0 aliphatic heterocycles. The number of aliphatic hydroxyl groups is 1. The molecule has 0 saturated carbocycles. The third kappa shape index (κ3) is 5.01. The van der Waals surface area contributed by atoms with Gasteiger partial charge in [-0.15, -0.1) is 0 Å². The molecule has 0 amide bonds. The Kier molecular flexibility index (Phi) is 7.26. The molecule has 19 heavy (non-hydrogen) atoms. The molecule has 0 spiro atoms. The first-order valence-electron chi connectivity index (χ1n) is 6.99. The van der Waals surface area contributed by atoms with Crippen LogP contribution < -0.4 is 0 Å². The van der Waals surface area contributed by atoms with Gasteiger partial charge in [0.25, 0.3) is 0 Å². The monoisotopic (exact) mass is 304 g/mol. The lowest BCUT2D eigenvalue weighted by Gasteiger charge is -2.12. The van der Waals surface area contributed by atoms with Crippen LogP contribution in [0, 0.1) is 5.92 Å². The maximum Gasteiger partial charge on any atom is 0.0850 e. The summed E-state index contributed by atoms with van der Waals surface area (Å²) >= 11 is 8.13. The van der Waals surface area contributed by atoms with Crippen LogP contribution in [0.2, 0.25) is 5.02 Å². The minimum absolute atomic E-state index is 0.354. The average molecular weight is 305 g/mol. The first-order valence-corrected chi connectivity index (χ1v) is 8.52. The van der Waals surface area contributed by atoms with E-state index in [1.807, 2.05) is 18.5 Å². The standard InChI is InChI=1S/C14H25ClN2OS/c1-5-12-14(15)13(17(6-2)16-12)7-11(18)9-19-8-10(3)4/h10-11,18H,5-9H2,1-4H3. The van der Waals surface area contributed by atoms with E-state index in [1.54, 1.807) is 11.8 Å². The van der Waals surface area contributed by atoms with Gasteiger partial charge in [-0.25, -0.2) is 0 Å². The minimum atomic E-state index is -0.354. The predicted octanol–water partition coefficient (Wildman–Crippen LogP) is 3.41. The van der Waals surface area contributed by atoms with Crippen LogP contribution in [0.15, 0.2) is 0 Å². The molecule has 110 valence electrons. The number of hydrogen-bond donors (Lipinski definition) is 1. The van der Waals surface area contributed by atoms with Crippen LogP contribution >= 0.6 is 23.4 Å². The van der Waals surface area contributed by atoms with Gasteiger partial charge in [-0.2, -0.15) is 16.9 Å². The first kappa shape index (κ1) is 16.9. The number of rotatable bonds is 8. The summed E-state index contributed by atoms with van der Waals surface area (Å²) < 4.78 is 1.91. The molecule has 1 N–H and O–H groups in total. The van der Waals surface area contributed by atoms with Crippen molar-refractivity contribution < 1.29 is 5.11 Å². The molecule has 1 unspecified atom stereocenters. The van der Waals surface area contributed by atoms with E-state index in [4.69, 9.17) is 11.6 Å². The Balaban J connectivity index is 2.62. The highest BCUT2D eigenvalue weighted by Gasteiger charge is 2.17. The lowest BCUT2D eigenvalue weighted by Crippen LogP contribution is -2.17. The van der Waals surface area contributed by atoms with E-state index in [9.17, 15) is 5.11 Å². The molecule has 1 rings (SSSR count). The van der Waals surface area contributed by atoms with E-state index in [1.165, 1.54) is 0 Å². The van der Waals surface area contributed by atoms with Gasteiger partial charge in [0.05, 0.1) is 22.5 Å². The Morgan fingerprint density at radius 2 is 2.00 bits per heavy atom. The zero-order valence-electron chi connectivity index (χ0n) is 12.3. The van der Waals surface area contributed by atoms with Crippen LogP contribution in [-0.4, -0.2) is 32.5 Å². The number of nitrogens with zero attached hydrogens (tertiary/aromatic N) is 2. The van der Waals surface area contributed by atoms with Crippen molar-refractivity contribution in [1.82, 2.24) is 9.78 Å². The second-order valence-electron chi connectivity index (χ2n) is 5.17. The largest absolute Gasteiger partial charge is 0.392 e. The fourth-order valence-electron chi connectivity index (χ4n) is 1.93. The Morgan fingerprint density at radius 1 is 1.32 bits per heavy atom. The van der Waals surface area contributed by atoms with Crippen molar-refractivity contribution in [1.29, 1.82) is 0 Å². The van der Waals surface area contributed by atoms with Crippen molar-refractivity contribution in [2.24, 2.45) is 5.92 Å². The van der Waals surface area contributed by atoms with Gasteiger partial charge in [-0.1, -0.05) is 32.4 Å². The highest BCUT2D eigenvalue weighted by molar-refractivity contribution is 7.99. The lowest BCUT2D eigenvalue weighted by atomic mass is 10.2. The molecule has 1 atom stereocenters. The van der Waals surface area contributed by atoms with Gasteiger partial charge in [0.1, 0.15) is 0 Å². The summed E-state index contributed by atoms with van der Waals surface area (Å²) in [7, 11) is 0. The Bertz CT molecular complexity index is 393. The van der Waals surface area contributed by atoms with Crippen LogP contribution in [0.4, 0.5) is 0 Å². The molecule has 0 radical (unpaired) electrons. The van der Waals surface area contributed by atoms with E-state index >= 15 is 0 Å². The molecule has 5 heteroatoms. The van der Waals surface area contributed by atoms with Crippen LogP contribution in [0.5, 0.6) is 0 Å². The number of halogens is 1. The molecule has 0 fully saturated rings. The molecular formula is C14H25ClN2OS. The van der Waals surface area contributed by atoms with Gasteiger partial charge in [-0.3, -0.25) is 4.68 Å². The van der Waals surface area contributed by atoms with E-state index in [0.717, 1.165) is 40.9 Å². The molecule has 0 aromatic carbocycles. The van der Waals surface area contributed by atoms with Gasteiger partial charge in [0.2, 0.25) is 0 Å². The normalized spacial score (nSPS) is 13.2. The Hall–Kier alpha value is -0.190. The molecule has 0 aliphatic rings. The van der Waals surface area contributed by atoms with Crippen LogP contribution in [0.3, 0.4) is 0 Å². The van der Waals surface area contributed by atoms with E-state index in [2.05, 4.69) is 18.9 Å². The van der Waals surface area contributed by atoms with Crippen LogP contribution in [-0.2, 0) is 19.4 Å². The van der Waals surface area contributed by atoms with Gasteiger partial charge < -0.3 is 5.11 Å². The summed E-state index contributed by atoms with van der Waals surface area (Å²) in [5.74, 6) is 2.50. The summed E-state index contributed by atoms with van der Waals surface area (Å²) in [5.41, 5.74) is 1.90. The molecule has 0 saturated heterocycles. The summed E-state index contributed by atoms with van der Waals surface area (Å²) in [6, 6.07) is 0. The smallest absolute Gasteiger partial charge is 0.0850 e. The highest BCUT2D eigenvalue weighted by atomic mass is 35.5. The number of aliphatic hydroxyl groups excluding tert-OH is 1. The Labute approximate surface area is 125 Å². The average Bonchev–Trinajstić information content (AvgIpc) is 2.66. The Morgan fingerprint density at radius 3 is 2.53 bits per heavy atom. The van der Waals surface area contributed by atoms with Crippen LogP contribution in [0.25, 0.3) is 0 Å². The second-order valence-corrected chi connectivity index (χ2v) is 6.62. The quantitative estimate of drug-likeness (QED) is 0.800. The van der Waals surface area contributed by atoms with Gasteiger partial charge in [0.15, 0.2) is 0 Å². The fraction of sp³-hybridized carbons (Fsp3) is 0.786. The molecule has 0 aliphatic carbocycles. The zero-order chi connectivity index (χ0) is 14.4. The second kappa shape index (κ2) is 8.18. The maximum atomic E-state index is 10.1. The summed E-state index contributed by atoms with van der Waals surface area (Å²) in [4.78, 5) is 0. The van der Waals surface area contributed by atoms with Gasteiger partial charge >= 0.3 is 0 Å². The first-order chi connectivity index (χ1) is 8.99. The lowest BCUT2D eigenvalue weighted by molar-refractivity contribution is 0.197. The molecule has 3 nitrogen and oxygen atoms in total. The molecular weight excluding hydrogens is 280 g/mol. The number of aryl methyl sites for hydroxylation is 2. The third-order valence-electron chi connectivity index (χ3n) is 2.88. The third-order valence-corrected chi connectivity index (χ3v) is 4.84. The van der Waals surface area contributed by atoms with Gasteiger partial charge in [0, 0.05) is 18.7 Å². The number of hydrogen-bond acceptors (Lipinski definition) is 3. The molecule has 1 aromatic rings. The van der Waals surface area contributed by atoms with Crippen molar-refractivity contribution in [3.05, 3.63) is 16.4 Å². The van der Waals surface area contributed by atoms with Crippen molar-refractivity contribution in [3.63, 3.8) is 0 Å². The van der Waals surface area contributed by atoms with E-state index in [0.29, 0.717) is 12.3 Å². The molecule has 0 bridgehead atoms. The molecule has 1 heterocycles. The van der Waals surface area contributed by atoms with Crippen molar-refractivity contribution in [2.75, 3.05) is 11.5 Å². The van der Waals surface area contributed by atoms with E-state index in [-0.39, 0.29) is 6.10 Å². The number of aromatic nitrogens is 2. The van der Waals surface area contributed by atoms with Crippen molar-refractivity contribution in [3.8, 4) is 0 Å². The van der Waals surface area contributed by atoms with Crippen LogP contribution in [0.1, 0.15) is 39.1 Å². The summed E-state index contributed by atoms with van der Waals surface area (Å²) in [6.07, 6.45) is 1.06. The fourth-order valence-corrected chi connectivity index (χ4v) is 3.28. The van der Waals surface area contributed by atoms with Gasteiger partial charge in [-0.05, 0) is 25.0 Å². The van der Waals surface area contributed by atoms with Crippen molar-refractivity contribution >= 4 is 23.4 Å². The highest BCUT2D eigenvalue weighted by Crippen LogP contribution is 2.23. The zero-order valence-corrected chi connectivity index (χ0v) is 13.9. The SMILES string of the molecule is CCc1nn(CC)c(CC(O)CSCC(C)C)c1Cl. The minimum Gasteiger partial charge on any atom is -0.392 e. The maximum absolute atomic E-state index is 10.1. The van der Waals surface area contributed by atoms with Crippen molar-refractivity contribution in [2.45, 2.75) is 53.2 Å². The number of thioether (sulfide) groups is 1. The summed E-state index contributed by atoms with van der Waals surface area (Å²) in [6.45, 7) is 9.27.